The van der Waals surface area contributed by atoms with Gasteiger partial charge >= 0.3 is 0 Å². The number of rotatable bonds is 5. The minimum Gasteiger partial charge on any atom is -0.486 e. The average molecular weight is 384 g/mol. The zero-order chi connectivity index (χ0) is 19.3. The number of nitrogens with zero attached hydrogens (tertiary/aromatic N) is 2. The van der Waals surface area contributed by atoms with E-state index in [9.17, 15) is 9.18 Å². The summed E-state index contributed by atoms with van der Waals surface area (Å²) >= 11 is 0. The fourth-order valence-corrected chi connectivity index (χ4v) is 3.64. The first-order valence-electron chi connectivity index (χ1n) is 9.80. The minimum absolute atomic E-state index is 0.148. The van der Waals surface area contributed by atoms with E-state index in [4.69, 9.17) is 9.47 Å². The summed E-state index contributed by atoms with van der Waals surface area (Å²) < 4.78 is 24.1. The Morgan fingerprint density at radius 3 is 2.32 bits per heavy atom. The summed E-state index contributed by atoms with van der Waals surface area (Å²) in [7, 11) is 0. The van der Waals surface area contributed by atoms with Gasteiger partial charge in [0, 0.05) is 32.7 Å². The lowest BCUT2D eigenvalue weighted by Gasteiger charge is -2.35. The van der Waals surface area contributed by atoms with Gasteiger partial charge < -0.3 is 14.4 Å². The summed E-state index contributed by atoms with van der Waals surface area (Å²) in [6.07, 6.45) is 1.28. The van der Waals surface area contributed by atoms with E-state index in [-0.39, 0.29) is 11.7 Å². The third kappa shape index (κ3) is 4.62. The Bertz CT molecular complexity index is 817. The van der Waals surface area contributed by atoms with Crippen molar-refractivity contribution in [3.8, 4) is 11.5 Å². The maximum atomic E-state index is 13.0. The Morgan fingerprint density at radius 1 is 0.893 bits per heavy atom. The smallest absolute Gasteiger partial charge is 0.227 e. The van der Waals surface area contributed by atoms with E-state index < -0.39 is 0 Å². The molecule has 5 nitrogen and oxygen atoms in total. The highest BCUT2D eigenvalue weighted by Crippen LogP contribution is 2.31. The summed E-state index contributed by atoms with van der Waals surface area (Å²) in [6.45, 7) is 5.26. The molecule has 0 bridgehead atoms. The van der Waals surface area contributed by atoms with Crippen LogP contribution in [0.15, 0.2) is 42.5 Å². The lowest BCUT2D eigenvalue weighted by atomic mass is 10.1. The largest absolute Gasteiger partial charge is 0.486 e. The lowest BCUT2D eigenvalue weighted by Crippen LogP contribution is -2.49. The van der Waals surface area contributed by atoms with Crippen molar-refractivity contribution in [2.45, 2.75) is 12.8 Å². The van der Waals surface area contributed by atoms with Gasteiger partial charge in [-0.05, 0) is 41.8 Å². The number of halogens is 1. The Morgan fingerprint density at radius 2 is 1.57 bits per heavy atom. The summed E-state index contributed by atoms with van der Waals surface area (Å²) in [5, 5.41) is 0. The molecule has 1 fully saturated rings. The number of benzene rings is 2. The van der Waals surface area contributed by atoms with Crippen molar-refractivity contribution in [2.24, 2.45) is 0 Å². The topological polar surface area (TPSA) is 42.0 Å². The van der Waals surface area contributed by atoms with Crippen LogP contribution in [0, 0.1) is 5.82 Å². The first-order chi connectivity index (χ1) is 13.7. The van der Waals surface area contributed by atoms with E-state index in [0.717, 1.165) is 61.8 Å². The Labute approximate surface area is 164 Å². The molecule has 2 aliphatic heterocycles. The molecule has 0 atom stereocenters. The molecule has 0 aliphatic carbocycles. The van der Waals surface area contributed by atoms with Crippen LogP contribution in [0.1, 0.15) is 11.1 Å². The fraction of sp³-hybridized carbons (Fsp3) is 0.409. The molecule has 0 spiro atoms. The minimum atomic E-state index is -0.200. The van der Waals surface area contributed by atoms with Crippen LogP contribution in [0.4, 0.5) is 4.39 Å². The third-order valence-electron chi connectivity index (χ3n) is 5.32. The van der Waals surface area contributed by atoms with E-state index in [0.29, 0.717) is 19.6 Å². The van der Waals surface area contributed by atoms with Gasteiger partial charge in [0.05, 0.1) is 6.42 Å². The molecule has 1 saturated heterocycles. The quantitative estimate of drug-likeness (QED) is 0.795. The van der Waals surface area contributed by atoms with Gasteiger partial charge in [-0.1, -0.05) is 18.2 Å². The standard InChI is InChI=1S/C22H25FN2O3/c23-19-4-1-17(2-5-19)7-8-24-9-11-25(12-10-24)22(26)16-18-3-6-20-21(15-18)28-14-13-27-20/h1-6,15H,7-14,16H2. The molecular formula is C22H25FN2O3. The first-order valence-corrected chi connectivity index (χ1v) is 9.80. The lowest BCUT2D eigenvalue weighted by molar-refractivity contribution is -0.132. The van der Waals surface area contributed by atoms with E-state index in [1.807, 2.05) is 35.2 Å². The number of hydrogen-bond acceptors (Lipinski definition) is 4. The number of hydrogen-bond donors (Lipinski definition) is 0. The Hall–Kier alpha value is -2.60. The first kappa shape index (κ1) is 18.7. The number of carbonyl (C=O) groups excluding carboxylic acids is 1. The van der Waals surface area contributed by atoms with Crippen molar-refractivity contribution in [3.63, 3.8) is 0 Å². The van der Waals surface area contributed by atoms with Crippen LogP contribution in [-0.4, -0.2) is 61.6 Å². The molecule has 28 heavy (non-hydrogen) atoms. The van der Waals surface area contributed by atoms with Crippen molar-refractivity contribution < 1.29 is 18.7 Å². The Kier molecular flexibility index (Phi) is 5.76. The van der Waals surface area contributed by atoms with Gasteiger partial charge in [0.2, 0.25) is 5.91 Å². The van der Waals surface area contributed by atoms with Gasteiger partial charge in [-0.3, -0.25) is 9.69 Å². The van der Waals surface area contributed by atoms with Crippen LogP contribution < -0.4 is 9.47 Å². The maximum absolute atomic E-state index is 13.0. The van der Waals surface area contributed by atoms with Crippen LogP contribution in [-0.2, 0) is 17.6 Å². The van der Waals surface area contributed by atoms with E-state index in [2.05, 4.69) is 4.90 Å². The van der Waals surface area contributed by atoms with Gasteiger partial charge in [0.15, 0.2) is 11.5 Å². The van der Waals surface area contributed by atoms with Crippen molar-refractivity contribution in [1.82, 2.24) is 9.80 Å². The van der Waals surface area contributed by atoms with Crippen LogP contribution in [0.5, 0.6) is 11.5 Å². The van der Waals surface area contributed by atoms with Crippen LogP contribution in [0.2, 0.25) is 0 Å². The van der Waals surface area contributed by atoms with Gasteiger partial charge in [-0.2, -0.15) is 0 Å². The molecule has 6 heteroatoms. The van der Waals surface area contributed by atoms with Gasteiger partial charge in [-0.25, -0.2) is 4.39 Å². The van der Waals surface area contributed by atoms with Crippen LogP contribution in [0.25, 0.3) is 0 Å². The summed E-state index contributed by atoms with van der Waals surface area (Å²) in [6, 6.07) is 12.4. The molecule has 2 heterocycles. The van der Waals surface area contributed by atoms with Crippen molar-refractivity contribution in [3.05, 3.63) is 59.4 Å². The van der Waals surface area contributed by atoms with E-state index >= 15 is 0 Å². The number of carbonyl (C=O) groups is 1. The molecule has 2 aliphatic rings. The Balaban J connectivity index is 1.24. The van der Waals surface area contributed by atoms with Gasteiger partial charge in [0.1, 0.15) is 19.0 Å². The normalized spacial score (nSPS) is 16.8. The van der Waals surface area contributed by atoms with Crippen molar-refractivity contribution >= 4 is 5.91 Å². The molecule has 0 saturated carbocycles. The molecule has 1 amide bonds. The highest BCUT2D eigenvalue weighted by atomic mass is 19.1. The van der Waals surface area contributed by atoms with Gasteiger partial charge in [0.25, 0.3) is 0 Å². The summed E-state index contributed by atoms with van der Waals surface area (Å²) in [5.74, 6) is 1.42. The molecular weight excluding hydrogens is 359 g/mol. The molecule has 0 aromatic heterocycles. The number of piperazine rings is 1. The monoisotopic (exact) mass is 384 g/mol. The third-order valence-corrected chi connectivity index (χ3v) is 5.32. The molecule has 2 aromatic rings. The number of amides is 1. The number of fused-ring (bicyclic) bond motifs is 1. The van der Waals surface area contributed by atoms with Crippen molar-refractivity contribution in [1.29, 1.82) is 0 Å². The summed E-state index contributed by atoms with van der Waals surface area (Å²) in [4.78, 5) is 16.9. The molecule has 148 valence electrons. The zero-order valence-corrected chi connectivity index (χ0v) is 15.9. The second-order valence-corrected chi connectivity index (χ2v) is 7.25. The highest BCUT2D eigenvalue weighted by molar-refractivity contribution is 5.79. The van der Waals surface area contributed by atoms with Gasteiger partial charge in [-0.15, -0.1) is 0 Å². The molecule has 4 rings (SSSR count). The molecule has 0 unspecified atom stereocenters. The van der Waals surface area contributed by atoms with E-state index in [1.165, 1.54) is 12.1 Å². The van der Waals surface area contributed by atoms with Crippen LogP contribution in [0.3, 0.4) is 0 Å². The fourth-order valence-electron chi connectivity index (χ4n) is 3.64. The second-order valence-electron chi connectivity index (χ2n) is 7.25. The molecule has 0 N–H and O–H groups in total. The molecule has 2 aromatic carbocycles. The highest BCUT2D eigenvalue weighted by Gasteiger charge is 2.21. The predicted octanol–water partition coefficient (Wildman–Crippen LogP) is 2.53. The average Bonchev–Trinajstić information content (AvgIpc) is 2.73. The van der Waals surface area contributed by atoms with E-state index in [1.54, 1.807) is 0 Å². The summed E-state index contributed by atoms with van der Waals surface area (Å²) in [5.41, 5.74) is 2.09. The zero-order valence-electron chi connectivity index (χ0n) is 15.9. The number of ether oxygens (including phenoxy) is 2. The molecule has 0 radical (unpaired) electrons. The SMILES string of the molecule is O=C(Cc1ccc2c(c1)OCCO2)N1CCN(CCc2ccc(F)cc2)CC1. The second kappa shape index (κ2) is 8.61. The van der Waals surface area contributed by atoms with Crippen molar-refractivity contribution in [2.75, 3.05) is 45.9 Å². The maximum Gasteiger partial charge on any atom is 0.227 e. The van der Waals surface area contributed by atoms with Crippen LogP contribution >= 0.6 is 0 Å². The predicted molar refractivity (Wildman–Crippen MR) is 104 cm³/mol.